The molecule has 1 saturated carbocycles. The zero-order valence-electron chi connectivity index (χ0n) is 13.1. The standard InChI is InChI=1S/C18H19N3O2/c1-21-15-10-6-5-9-13(15)16(22)14(11-19)17(21)20-18(23)12-7-3-2-4-8-12/h5-6,9-10,12H,2-4,7-8H2,1H3,(H,20,23). The lowest BCUT2D eigenvalue weighted by Gasteiger charge is -2.22. The van der Waals surface area contributed by atoms with Gasteiger partial charge in [-0.15, -0.1) is 0 Å². The van der Waals surface area contributed by atoms with Crippen molar-refractivity contribution in [2.45, 2.75) is 32.1 Å². The minimum atomic E-state index is -0.333. The van der Waals surface area contributed by atoms with Crippen molar-refractivity contribution >= 4 is 22.6 Å². The van der Waals surface area contributed by atoms with Gasteiger partial charge in [-0.25, -0.2) is 0 Å². The Labute approximate surface area is 134 Å². The summed E-state index contributed by atoms with van der Waals surface area (Å²) in [6.45, 7) is 0. The van der Waals surface area contributed by atoms with Gasteiger partial charge in [0.1, 0.15) is 17.5 Å². The summed E-state index contributed by atoms with van der Waals surface area (Å²) in [4.78, 5) is 25.0. The van der Waals surface area contributed by atoms with Crippen molar-refractivity contribution in [1.29, 1.82) is 5.26 Å². The molecule has 3 rings (SSSR count). The highest BCUT2D eigenvalue weighted by Crippen LogP contribution is 2.26. The zero-order chi connectivity index (χ0) is 16.4. The van der Waals surface area contributed by atoms with Crippen LogP contribution >= 0.6 is 0 Å². The Bertz CT molecular complexity index is 855. The Morgan fingerprint density at radius 1 is 1.26 bits per heavy atom. The van der Waals surface area contributed by atoms with Gasteiger partial charge in [-0.1, -0.05) is 31.4 Å². The van der Waals surface area contributed by atoms with E-state index < -0.39 is 0 Å². The predicted octanol–water partition coefficient (Wildman–Crippen LogP) is 2.93. The van der Waals surface area contributed by atoms with E-state index in [2.05, 4.69) is 5.32 Å². The first kappa shape index (κ1) is 15.3. The monoisotopic (exact) mass is 309 g/mol. The zero-order valence-corrected chi connectivity index (χ0v) is 13.1. The maximum absolute atomic E-state index is 12.5. The quantitative estimate of drug-likeness (QED) is 0.926. The van der Waals surface area contributed by atoms with Gasteiger partial charge < -0.3 is 9.88 Å². The fraction of sp³-hybridized carbons (Fsp3) is 0.389. The van der Waals surface area contributed by atoms with Gasteiger partial charge in [-0.05, 0) is 25.0 Å². The summed E-state index contributed by atoms with van der Waals surface area (Å²) >= 11 is 0. The number of hydrogen-bond acceptors (Lipinski definition) is 3. The fourth-order valence-electron chi connectivity index (χ4n) is 3.32. The van der Waals surface area contributed by atoms with Crippen LogP contribution in [0.3, 0.4) is 0 Å². The number of carbonyl (C=O) groups excluding carboxylic acids is 1. The van der Waals surface area contributed by atoms with E-state index >= 15 is 0 Å². The number of anilines is 1. The Morgan fingerprint density at radius 3 is 2.65 bits per heavy atom. The van der Waals surface area contributed by atoms with Crippen molar-refractivity contribution in [2.75, 3.05) is 5.32 Å². The third-order valence-corrected chi connectivity index (χ3v) is 4.64. The van der Waals surface area contributed by atoms with Gasteiger partial charge in [-0.2, -0.15) is 5.26 Å². The molecule has 0 atom stereocenters. The topological polar surface area (TPSA) is 74.9 Å². The van der Waals surface area contributed by atoms with Gasteiger partial charge in [0.05, 0.1) is 5.52 Å². The summed E-state index contributed by atoms with van der Waals surface area (Å²) in [6, 6.07) is 9.07. The number of aryl methyl sites for hydroxylation is 1. The van der Waals surface area contributed by atoms with Crippen molar-refractivity contribution in [3.63, 3.8) is 0 Å². The molecule has 1 heterocycles. The Morgan fingerprint density at radius 2 is 1.96 bits per heavy atom. The van der Waals surface area contributed by atoms with E-state index in [0.717, 1.165) is 25.7 Å². The number of hydrogen-bond donors (Lipinski definition) is 1. The van der Waals surface area contributed by atoms with E-state index in [1.165, 1.54) is 6.42 Å². The molecule has 118 valence electrons. The third-order valence-electron chi connectivity index (χ3n) is 4.64. The number of nitrogens with one attached hydrogen (secondary N) is 1. The largest absolute Gasteiger partial charge is 0.329 e. The van der Waals surface area contributed by atoms with Crippen molar-refractivity contribution in [1.82, 2.24) is 4.57 Å². The van der Waals surface area contributed by atoms with Crippen molar-refractivity contribution in [3.05, 3.63) is 40.1 Å². The molecule has 5 nitrogen and oxygen atoms in total. The van der Waals surface area contributed by atoms with Crippen LogP contribution in [-0.4, -0.2) is 10.5 Å². The Hall–Kier alpha value is -2.61. The average molecular weight is 309 g/mol. The molecule has 0 aliphatic heterocycles. The molecule has 0 radical (unpaired) electrons. The molecule has 1 aliphatic rings. The van der Waals surface area contributed by atoms with Crippen LogP contribution < -0.4 is 10.7 Å². The summed E-state index contributed by atoms with van der Waals surface area (Å²) in [5.74, 6) is 0.176. The van der Waals surface area contributed by atoms with Crippen LogP contribution in [-0.2, 0) is 11.8 Å². The maximum Gasteiger partial charge on any atom is 0.228 e. The number of nitriles is 1. The maximum atomic E-state index is 12.5. The Kier molecular flexibility index (Phi) is 4.16. The van der Waals surface area contributed by atoms with E-state index in [0.29, 0.717) is 16.7 Å². The number of nitrogens with zero attached hydrogens (tertiary/aromatic N) is 2. The number of benzene rings is 1. The molecule has 1 aliphatic carbocycles. The third kappa shape index (κ3) is 2.72. The lowest BCUT2D eigenvalue weighted by molar-refractivity contribution is -0.120. The summed E-state index contributed by atoms with van der Waals surface area (Å²) < 4.78 is 1.72. The smallest absolute Gasteiger partial charge is 0.228 e. The molecule has 0 unspecified atom stereocenters. The molecule has 0 saturated heterocycles. The number of pyridine rings is 1. The van der Waals surface area contributed by atoms with E-state index in [4.69, 9.17) is 0 Å². The molecular weight excluding hydrogens is 290 g/mol. The molecule has 1 aromatic carbocycles. The molecule has 1 N–H and O–H groups in total. The second-order valence-electron chi connectivity index (χ2n) is 6.06. The number of aromatic nitrogens is 1. The molecule has 5 heteroatoms. The molecular formula is C18H19N3O2. The van der Waals surface area contributed by atoms with Crippen LogP contribution in [0.25, 0.3) is 10.9 Å². The Balaban J connectivity index is 2.06. The number of rotatable bonds is 2. The van der Waals surface area contributed by atoms with E-state index in [-0.39, 0.29) is 22.8 Å². The minimum Gasteiger partial charge on any atom is -0.329 e. The molecule has 1 fully saturated rings. The highest BCUT2D eigenvalue weighted by atomic mass is 16.2. The van der Waals surface area contributed by atoms with Gasteiger partial charge in [-0.3, -0.25) is 9.59 Å². The van der Waals surface area contributed by atoms with Crippen LogP contribution in [0.5, 0.6) is 0 Å². The predicted molar refractivity (Wildman–Crippen MR) is 89.1 cm³/mol. The van der Waals surface area contributed by atoms with Crippen LogP contribution in [0.1, 0.15) is 37.7 Å². The van der Waals surface area contributed by atoms with Crippen molar-refractivity contribution < 1.29 is 4.79 Å². The number of fused-ring (bicyclic) bond motifs is 1. The van der Waals surface area contributed by atoms with E-state index in [1.54, 1.807) is 23.7 Å². The lowest BCUT2D eigenvalue weighted by Crippen LogP contribution is -2.28. The first-order valence-corrected chi connectivity index (χ1v) is 7.96. The van der Waals surface area contributed by atoms with Gasteiger partial charge in [0.2, 0.25) is 11.3 Å². The fourth-order valence-corrected chi connectivity index (χ4v) is 3.32. The first-order valence-electron chi connectivity index (χ1n) is 7.96. The second-order valence-corrected chi connectivity index (χ2v) is 6.06. The lowest BCUT2D eigenvalue weighted by atomic mass is 9.88. The van der Waals surface area contributed by atoms with Crippen LogP contribution in [0.2, 0.25) is 0 Å². The van der Waals surface area contributed by atoms with Gasteiger partial charge in [0.15, 0.2) is 0 Å². The van der Waals surface area contributed by atoms with Gasteiger partial charge in [0.25, 0.3) is 0 Å². The average Bonchev–Trinajstić information content (AvgIpc) is 2.60. The molecule has 2 aromatic rings. The molecule has 1 amide bonds. The summed E-state index contributed by atoms with van der Waals surface area (Å²) in [5, 5.41) is 12.7. The molecule has 1 aromatic heterocycles. The highest BCUT2D eigenvalue weighted by Gasteiger charge is 2.24. The summed E-state index contributed by atoms with van der Waals surface area (Å²) in [5.41, 5.74) is 0.367. The number of amides is 1. The van der Waals surface area contributed by atoms with Gasteiger partial charge >= 0.3 is 0 Å². The highest BCUT2D eigenvalue weighted by molar-refractivity contribution is 5.95. The molecule has 0 bridgehead atoms. The van der Waals surface area contributed by atoms with E-state index in [9.17, 15) is 14.9 Å². The summed E-state index contributed by atoms with van der Waals surface area (Å²) in [7, 11) is 1.76. The molecule has 23 heavy (non-hydrogen) atoms. The van der Waals surface area contributed by atoms with E-state index in [1.807, 2.05) is 18.2 Å². The SMILES string of the molecule is Cn1c(NC(=O)C2CCCCC2)c(C#N)c(=O)c2ccccc21. The first-order chi connectivity index (χ1) is 11.1. The number of para-hydroxylation sites is 1. The van der Waals surface area contributed by atoms with Crippen molar-refractivity contribution in [3.8, 4) is 6.07 Å². The van der Waals surface area contributed by atoms with Crippen molar-refractivity contribution in [2.24, 2.45) is 13.0 Å². The van der Waals surface area contributed by atoms with Gasteiger partial charge in [0, 0.05) is 18.4 Å². The van der Waals surface area contributed by atoms with Crippen LogP contribution in [0.15, 0.2) is 29.1 Å². The minimum absolute atomic E-state index is 0.00430. The second kappa shape index (κ2) is 6.25. The normalized spacial score (nSPS) is 15.3. The van der Waals surface area contributed by atoms with Crippen LogP contribution in [0.4, 0.5) is 5.82 Å². The van der Waals surface area contributed by atoms with Crippen LogP contribution in [0, 0.1) is 17.2 Å². The molecule has 0 spiro atoms. The number of carbonyl (C=O) groups is 1. The summed E-state index contributed by atoms with van der Waals surface area (Å²) in [6.07, 6.45) is 5.02.